The summed E-state index contributed by atoms with van der Waals surface area (Å²) in [6.45, 7) is 4.19. The van der Waals surface area contributed by atoms with Gasteiger partial charge in [0.2, 0.25) is 0 Å². The van der Waals surface area contributed by atoms with Crippen molar-refractivity contribution in [3.05, 3.63) is 24.3 Å². The molecule has 0 saturated heterocycles. The van der Waals surface area contributed by atoms with Crippen molar-refractivity contribution in [3.8, 4) is 5.75 Å². The summed E-state index contributed by atoms with van der Waals surface area (Å²) in [6.07, 6.45) is 0.481. The Hall–Kier alpha value is -2.24. The van der Waals surface area contributed by atoms with E-state index in [-0.39, 0.29) is 18.5 Å². The molecule has 0 aliphatic carbocycles. The van der Waals surface area contributed by atoms with Crippen LogP contribution < -0.4 is 10.1 Å². The number of anilines is 1. The molecule has 1 rings (SSSR count). The lowest BCUT2D eigenvalue weighted by Crippen LogP contribution is -2.40. The minimum atomic E-state index is -0.855. The number of ether oxygens (including phenoxy) is 1. The van der Waals surface area contributed by atoms with Crippen LogP contribution in [-0.2, 0) is 4.79 Å². The molecule has 2 N–H and O–H groups in total. The number of carboxylic acid groups (broad SMARTS) is 1. The molecule has 0 heterocycles. The molecule has 1 aromatic rings. The van der Waals surface area contributed by atoms with E-state index in [1.165, 1.54) is 0 Å². The summed E-state index contributed by atoms with van der Waals surface area (Å²) < 4.78 is 5.11. The van der Waals surface area contributed by atoms with Gasteiger partial charge >= 0.3 is 12.0 Å². The Kier molecular flexibility index (Phi) is 6.52. The molecule has 0 bridgehead atoms. The molecule has 0 atom stereocenters. The van der Waals surface area contributed by atoms with Crippen molar-refractivity contribution >= 4 is 17.7 Å². The van der Waals surface area contributed by atoms with Gasteiger partial charge in [-0.15, -0.1) is 0 Å². The molecule has 0 aliphatic heterocycles. The maximum absolute atomic E-state index is 12.3. The number of benzene rings is 1. The molecular weight excluding hydrogens is 272 g/mol. The van der Waals surface area contributed by atoms with Crippen LogP contribution in [0.15, 0.2) is 24.3 Å². The monoisotopic (exact) mass is 294 g/mol. The van der Waals surface area contributed by atoms with Gasteiger partial charge < -0.3 is 20.1 Å². The van der Waals surface area contributed by atoms with Crippen LogP contribution in [-0.4, -0.2) is 41.7 Å². The highest BCUT2D eigenvalue weighted by molar-refractivity contribution is 5.89. The predicted molar refractivity (Wildman–Crippen MR) is 80.7 cm³/mol. The number of amides is 2. The zero-order valence-electron chi connectivity index (χ0n) is 12.6. The summed E-state index contributed by atoms with van der Waals surface area (Å²) in [5.41, 5.74) is 0.642. The molecule has 0 spiro atoms. The van der Waals surface area contributed by atoms with Gasteiger partial charge in [0.15, 0.2) is 0 Å². The highest BCUT2D eigenvalue weighted by Gasteiger charge is 2.17. The van der Waals surface area contributed by atoms with Crippen LogP contribution in [0.25, 0.3) is 0 Å². The van der Waals surface area contributed by atoms with Crippen molar-refractivity contribution in [2.45, 2.75) is 32.7 Å². The average Bonchev–Trinajstić information content (AvgIpc) is 2.42. The van der Waals surface area contributed by atoms with E-state index in [0.717, 1.165) is 0 Å². The highest BCUT2D eigenvalue weighted by atomic mass is 16.5. The van der Waals surface area contributed by atoms with Gasteiger partial charge in [-0.25, -0.2) is 4.79 Å². The summed E-state index contributed by atoms with van der Waals surface area (Å²) in [5.74, 6) is -0.193. The van der Waals surface area contributed by atoms with Gasteiger partial charge in [-0.05, 0) is 32.4 Å². The van der Waals surface area contributed by atoms with Crippen LogP contribution in [0, 0.1) is 0 Å². The summed E-state index contributed by atoms with van der Waals surface area (Å²) in [7, 11) is 1.56. The van der Waals surface area contributed by atoms with Crippen LogP contribution in [0.1, 0.15) is 26.7 Å². The van der Waals surface area contributed by atoms with Crippen molar-refractivity contribution in [3.63, 3.8) is 0 Å². The third-order valence-corrected chi connectivity index (χ3v) is 2.99. The van der Waals surface area contributed by atoms with Crippen LogP contribution in [0.5, 0.6) is 5.75 Å². The first kappa shape index (κ1) is 16.8. The summed E-state index contributed by atoms with van der Waals surface area (Å²) in [4.78, 5) is 24.4. The Labute approximate surface area is 124 Å². The fourth-order valence-electron chi connectivity index (χ4n) is 1.89. The third kappa shape index (κ3) is 5.72. The van der Waals surface area contributed by atoms with Gasteiger partial charge in [-0.2, -0.15) is 0 Å². The third-order valence-electron chi connectivity index (χ3n) is 2.99. The van der Waals surface area contributed by atoms with Gasteiger partial charge in [-0.3, -0.25) is 4.79 Å². The number of carbonyl (C=O) groups is 2. The zero-order chi connectivity index (χ0) is 15.8. The summed E-state index contributed by atoms with van der Waals surface area (Å²) in [6, 6.07) is 6.83. The SMILES string of the molecule is COc1cccc(NC(=O)N(CCCC(=O)O)C(C)C)c1. The molecule has 2 amide bonds. The first-order valence-electron chi connectivity index (χ1n) is 6.87. The molecule has 0 radical (unpaired) electrons. The van der Waals surface area contributed by atoms with Crippen molar-refractivity contribution in [1.82, 2.24) is 4.90 Å². The number of urea groups is 1. The lowest BCUT2D eigenvalue weighted by Gasteiger charge is -2.26. The Balaban J connectivity index is 2.65. The Morgan fingerprint density at radius 2 is 2.10 bits per heavy atom. The largest absolute Gasteiger partial charge is 0.497 e. The van der Waals surface area contributed by atoms with Gasteiger partial charge in [0, 0.05) is 30.8 Å². The normalized spacial score (nSPS) is 10.3. The van der Waals surface area contributed by atoms with E-state index in [4.69, 9.17) is 9.84 Å². The molecule has 0 aliphatic rings. The van der Waals surface area contributed by atoms with Crippen LogP contribution in [0.4, 0.5) is 10.5 Å². The van der Waals surface area contributed by atoms with Gasteiger partial charge in [0.1, 0.15) is 5.75 Å². The van der Waals surface area contributed by atoms with Crippen LogP contribution in [0.2, 0.25) is 0 Å². The smallest absolute Gasteiger partial charge is 0.322 e. The number of carbonyl (C=O) groups excluding carboxylic acids is 1. The standard InChI is InChI=1S/C15H22N2O4/c1-11(2)17(9-5-8-14(18)19)15(20)16-12-6-4-7-13(10-12)21-3/h4,6-7,10-11H,5,8-9H2,1-3H3,(H,16,20)(H,18,19). The van der Waals surface area contributed by atoms with Crippen molar-refractivity contribution in [1.29, 1.82) is 0 Å². The maximum Gasteiger partial charge on any atom is 0.322 e. The minimum Gasteiger partial charge on any atom is -0.497 e. The van der Waals surface area contributed by atoms with E-state index in [2.05, 4.69) is 5.32 Å². The second kappa shape index (κ2) is 8.14. The molecule has 0 saturated carbocycles. The van der Waals surface area contributed by atoms with Crippen molar-refractivity contribution in [2.75, 3.05) is 19.0 Å². The van der Waals surface area contributed by atoms with Crippen molar-refractivity contribution in [2.24, 2.45) is 0 Å². The number of hydrogen-bond acceptors (Lipinski definition) is 3. The number of aliphatic carboxylic acids is 1. The number of rotatable bonds is 7. The van der Waals surface area contributed by atoms with E-state index in [9.17, 15) is 9.59 Å². The van der Waals surface area contributed by atoms with E-state index in [1.807, 2.05) is 13.8 Å². The highest BCUT2D eigenvalue weighted by Crippen LogP contribution is 2.17. The Morgan fingerprint density at radius 3 is 2.67 bits per heavy atom. The average molecular weight is 294 g/mol. The fourth-order valence-corrected chi connectivity index (χ4v) is 1.89. The number of carboxylic acids is 1. The maximum atomic E-state index is 12.3. The first-order valence-corrected chi connectivity index (χ1v) is 6.87. The number of nitrogens with zero attached hydrogens (tertiary/aromatic N) is 1. The van der Waals surface area contributed by atoms with E-state index in [1.54, 1.807) is 36.3 Å². The van der Waals surface area contributed by atoms with Gasteiger partial charge in [0.25, 0.3) is 0 Å². The van der Waals surface area contributed by atoms with Crippen molar-refractivity contribution < 1.29 is 19.4 Å². The topological polar surface area (TPSA) is 78.9 Å². The lowest BCUT2D eigenvalue weighted by molar-refractivity contribution is -0.137. The number of hydrogen-bond donors (Lipinski definition) is 2. The van der Waals surface area contributed by atoms with Gasteiger partial charge in [-0.1, -0.05) is 6.07 Å². The van der Waals surface area contributed by atoms with E-state index < -0.39 is 5.97 Å². The van der Waals surface area contributed by atoms with E-state index >= 15 is 0 Å². The van der Waals surface area contributed by atoms with E-state index in [0.29, 0.717) is 24.4 Å². The zero-order valence-corrected chi connectivity index (χ0v) is 12.6. The summed E-state index contributed by atoms with van der Waals surface area (Å²) >= 11 is 0. The molecule has 1 aromatic carbocycles. The molecule has 116 valence electrons. The molecule has 0 unspecified atom stereocenters. The molecule has 6 heteroatoms. The lowest BCUT2D eigenvalue weighted by atomic mass is 10.2. The Morgan fingerprint density at radius 1 is 1.38 bits per heavy atom. The second-order valence-electron chi connectivity index (χ2n) is 4.95. The molecular formula is C15H22N2O4. The molecule has 21 heavy (non-hydrogen) atoms. The Bertz CT molecular complexity index is 488. The first-order chi connectivity index (χ1) is 9.93. The quantitative estimate of drug-likeness (QED) is 0.810. The molecule has 0 aromatic heterocycles. The molecule has 0 fully saturated rings. The predicted octanol–water partition coefficient (Wildman–Crippen LogP) is 2.80. The number of nitrogens with one attached hydrogen (secondary N) is 1. The summed E-state index contributed by atoms with van der Waals surface area (Å²) in [5, 5.41) is 11.5. The van der Waals surface area contributed by atoms with Gasteiger partial charge in [0.05, 0.1) is 7.11 Å². The fraction of sp³-hybridized carbons (Fsp3) is 0.467. The second-order valence-corrected chi connectivity index (χ2v) is 4.95. The molecule has 6 nitrogen and oxygen atoms in total. The minimum absolute atomic E-state index is 0.00981. The number of methoxy groups -OCH3 is 1. The van der Waals surface area contributed by atoms with Crippen LogP contribution in [0.3, 0.4) is 0 Å². The van der Waals surface area contributed by atoms with Crippen LogP contribution >= 0.6 is 0 Å².